The molecule has 0 N–H and O–H groups in total. The zero-order valence-electron chi connectivity index (χ0n) is 23.3. The van der Waals surface area contributed by atoms with Gasteiger partial charge in [-0.2, -0.15) is 0 Å². The molecule has 0 aliphatic rings. The highest BCUT2D eigenvalue weighted by molar-refractivity contribution is 8.09. The minimum Gasteiger partial charge on any atom is -0.305 e. The number of hydrogen-bond donors (Lipinski definition) is 0. The molecule has 0 radical (unpaired) electrons. The molecule has 0 aromatic rings. The van der Waals surface area contributed by atoms with Gasteiger partial charge in [0, 0.05) is 6.92 Å². The summed E-state index contributed by atoms with van der Waals surface area (Å²) in [5, 5.41) is 0.0301. The number of rotatable bonds is 17. The molecule has 2 nitrogen and oxygen atoms in total. The molecular formula is C30H56O2S. The largest absolute Gasteiger partial charge is 0.305 e. The van der Waals surface area contributed by atoms with E-state index in [9.17, 15) is 4.79 Å². The van der Waals surface area contributed by atoms with Crippen LogP contribution in [0.1, 0.15) is 120 Å². The first-order valence-electron chi connectivity index (χ1n) is 13.3. The van der Waals surface area contributed by atoms with Crippen LogP contribution in [0.5, 0.6) is 0 Å². The molecule has 0 saturated heterocycles. The highest BCUT2D eigenvalue weighted by Crippen LogP contribution is 2.26. The van der Waals surface area contributed by atoms with Crippen LogP contribution in [0.4, 0.5) is 0 Å². The molecule has 0 spiro atoms. The lowest BCUT2D eigenvalue weighted by Gasteiger charge is -2.18. The maximum absolute atomic E-state index is 11.2. The minimum atomic E-state index is 0.0301. The van der Waals surface area contributed by atoms with Crippen molar-refractivity contribution in [1.82, 2.24) is 0 Å². The van der Waals surface area contributed by atoms with Crippen LogP contribution in [0.15, 0.2) is 49.1 Å². The fourth-order valence-corrected chi connectivity index (χ4v) is 3.88. The van der Waals surface area contributed by atoms with Crippen molar-refractivity contribution in [2.75, 3.05) is 0 Å². The molecular weight excluding hydrogens is 424 g/mol. The first kappa shape index (κ1) is 36.5. The Morgan fingerprint density at radius 2 is 1.67 bits per heavy atom. The first-order chi connectivity index (χ1) is 16.0. The van der Waals surface area contributed by atoms with E-state index in [0.29, 0.717) is 5.92 Å². The second kappa shape index (κ2) is 29.0. The first-order valence-corrected chi connectivity index (χ1v) is 14.0. The van der Waals surface area contributed by atoms with Crippen molar-refractivity contribution < 1.29 is 8.98 Å². The van der Waals surface area contributed by atoms with Gasteiger partial charge in [0.05, 0.1) is 18.1 Å². The van der Waals surface area contributed by atoms with Gasteiger partial charge in [0.2, 0.25) is 5.12 Å². The van der Waals surface area contributed by atoms with E-state index in [-0.39, 0.29) is 11.2 Å². The third-order valence-electron chi connectivity index (χ3n) is 5.55. The predicted octanol–water partition coefficient (Wildman–Crippen LogP) is 10.7. The molecule has 3 atom stereocenters. The lowest BCUT2D eigenvalue weighted by molar-refractivity contribution is -0.109. The van der Waals surface area contributed by atoms with Crippen molar-refractivity contribution in [2.24, 2.45) is 11.8 Å². The summed E-state index contributed by atoms with van der Waals surface area (Å²) in [6, 6.07) is 0. The third-order valence-corrected chi connectivity index (χ3v) is 6.16. The van der Waals surface area contributed by atoms with Gasteiger partial charge in [-0.25, -0.2) is 0 Å². The van der Waals surface area contributed by atoms with Gasteiger partial charge >= 0.3 is 0 Å². The zero-order valence-corrected chi connectivity index (χ0v) is 24.1. The van der Waals surface area contributed by atoms with Crippen LogP contribution in [-0.2, 0) is 8.98 Å². The molecule has 0 aliphatic carbocycles. The fraction of sp³-hybridized carbons (Fsp3) is 0.700. The molecule has 0 heterocycles. The molecule has 194 valence electrons. The summed E-state index contributed by atoms with van der Waals surface area (Å²) >= 11 is 1.00. The standard InChI is InChI=1S/C26H46O2S.C2H6.C2H4/c1-7-11-17-25(19-15-16-22(5)9-3)24(10-4)18-13-14-21-26(20-12-8-2)28-29-23(6)27;2*1-2/h7,10-11,13,18,22,25-26H,8-9,12,14-17,19-21H2,1-6H3;1-2H3;1-2H2/b11-7?,18-13-,24-10-;;. The van der Waals surface area contributed by atoms with Crippen molar-refractivity contribution >= 4 is 17.2 Å². The van der Waals surface area contributed by atoms with Crippen LogP contribution in [-0.4, -0.2) is 11.2 Å². The molecule has 0 aromatic carbocycles. The topological polar surface area (TPSA) is 26.3 Å². The van der Waals surface area contributed by atoms with Gasteiger partial charge in [-0.1, -0.05) is 97.1 Å². The lowest BCUT2D eigenvalue weighted by Crippen LogP contribution is -2.09. The van der Waals surface area contributed by atoms with Crippen molar-refractivity contribution in [3.63, 3.8) is 0 Å². The van der Waals surface area contributed by atoms with E-state index in [0.717, 1.165) is 56.5 Å². The van der Waals surface area contributed by atoms with Crippen LogP contribution in [0, 0.1) is 11.8 Å². The van der Waals surface area contributed by atoms with Gasteiger partial charge in [-0.05, 0) is 63.4 Å². The number of hydrogen-bond acceptors (Lipinski definition) is 3. The van der Waals surface area contributed by atoms with E-state index in [1.165, 1.54) is 31.3 Å². The van der Waals surface area contributed by atoms with E-state index < -0.39 is 0 Å². The molecule has 0 saturated carbocycles. The predicted molar refractivity (Wildman–Crippen MR) is 154 cm³/mol. The highest BCUT2D eigenvalue weighted by atomic mass is 32.2. The second-order valence-corrected chi connectivity index (χ2v) is 9.08. The molecule has 33 heavy (non-hydrogen) atoms. The molecule has 0 bridgehead atoms. The Kier molecular flexibility index (Phi) is 32.1. The minimum absolute atomic E-state index is 0.0301. The summed E-state index contributed by atoms with van der Waals surface area (Å²) in [5.74, 6) is 1.44. The van der Waals surface area contributed by atoms with E-state index in [1.54, 1.807) is 6.92 Å². The molecule has 0 aromatic heterocycles. The van der Waals surface area contributed by atoms with Gasteiger partial charge in [-0.15, -0.1) is 13.2 Å². The van der Waals surface area contributed by atoms with Crippen LogP contribution in [0.25, 0.3) is 0 Å². The van der Waals surface area contributed by atoms with Crippen molar-refractivity contribution in [1.29, 1.82) is 0 Å². The van der Waals surface area contributed by atoms with Crippen LogP contribution in [0.3, 0.4) is 0 Å². The Morgan fingerprint density at radius 3 is 2.18 bits per heavy atom. The van der Waals surface area contributed by atoms with E-state index in [2.05, 4.69) is 78.2 Å². The summed E-state index contributed by atoms with van der Waals surface area (Å²) in [4.78, 5) is 11.2. The van der Waals surface area contributed by atoms with Gasteiger partial charge in [0.25, 0.3) is 0 Å². The summed E-state index contributed by atoms with van der Waals surface area (Å²) < 4.78 is 5.74. The number of carbonyl (C=O) groups excluding carboxylic acids is 1. The Hall–Kier alpha value is -1.06. The normalized spacial score (nSPS) is 14.2. The van der Waals surface area contributed by atoms with Gasteiger partial charge in [-0.3, -0.25) is 4.79 Å². The Labute approximate surface area is 212 Å². The van der Waals surface area contributed by atoms with Gasteiger partial charge < -0.3 is 4.18 Å². The average molecular weight is 481 g/mol. The van der Waals surface area contributed by atoms with Crippen LogP contribution < -0.4 is 0 Å². The summed E-state index contributed by atoms with van der Waals surface area (Å²) in [6.45, 7) is 22.7. The zero-order chi connectivity index (χ0) is 25.9. The van der Waals surface area contributed by atoms with E-state index >= 15 is 0 Å². The van der Waals surface area contributed by atoms with Crippen LogP contribution in [0.2, 0.25) is 0 Å². The monoisotopic (exact) mass is 480 g/mol. The van der Waals surface area contributed by atoms with Gasteiger partial charge in [0.1, 0.15) is 0 Å². The quantitative estimate of drug-likeness (QED) is 0.118. The summed E-state index contributed by atoms with van der Waals surface area (Å²) in [5.41, 5.74) is 1.45. The molecule has 0 aliphatic heterocycles. The smallest absolute Gasteiger partial charge is 0.212 e. The Bertz CT molecular complexity index is 507. The third kappa shape index (κ3) is 23.9. The molecule has 3 heteroatoms. The average Bonchev–Trinajstić information content (AvgIpc) is 2.85. The lowest BCUT2D eigenvalue weighted by atomic mass is 9.87. The number of unbranched alkanes of at least 4 members (excludes halogenated alkanes) is 1. The summed E-state index contributed by atoms with van der Waals surface area (Å²) in [6.07, 6.45) is 23.1. The van der Waals surface area contributed by atoms with Crippen molar-refractivity contribution in [3.05, 3.63) is 49.1 Å². The highest BCUT2D eigenvalue weighted by Gasteiger charge is 2.12. The maximum atomic E-state index is 11.2. The Morgan fingerprint density at radius 1 is 1.00 bits per heavy atom. The van der Waals surface area contributed by atoms with E-state index in [4.69, 9.17) is 4.18 Å². The SMILES string of the molecule is C=C.CC.CC=CCC(CCCC(C)CC)C(/C=C\CCC(CCCC)OSC(C)=O)=C\C. The molecule has 0 fully saturated rings. The van der Waals surface area contributed by atoms with E-state index in [1.807, 2.05) is 13.8 Å². The second-order valence-electron chi connectivity index (χ2n) is 8.15. The molecule has 0 rings (SSSR count). The number of allylic oxidation sites excluding steroid dienone is 6. The van der Waals surface area contributed by atoms with Crippen molar-refractivity contribution in [2.45, 2.75) is 126 Å². The summed E-state index contributed by atoms with van der Waals surface area (Å²) in [7, 11) is 0. The number of carbonyl (C=O) groups is 1. The molecule has 3 unspecified atom stereocenters. The fourth-order valence-electron chi connectivity index (χ4n) is 3.42. The van der Waals surface area contributed by atoms with Crippen molar-refractivity contribution in [3.8, 4) is 0 Å². The Balaban J connectivity index is -0.00000212. The molecule has 0 amide bonds. The van der Waals surface area contributed by atoms with Crippen LogP contribution >= 0.6 is 12.0 Å². The van der Waals surface area contributed by atoms with Gasteiger partial charge in [0.15, 0.2) is 0 Å². The maximum Gasteiger partial charge on any atom is 0.212 e.